The van der Waals surface area contributed by atoms with Gasteiger partial charge in [-0.25, -0.2) is 4.79 Å². The van der Waals surface area contributed by atoms with Crippen LogP contribution < -0.4 is 4.74 Å². The zero-order valence-electron chi connectivity index (χ0n) is 8.72. The van der Waals surface area contributed by atoms with Gasteiger partial charge in [0.1, 0.15) is 12.4 Å². The summed E-state index contributed by atoms with van der Waals surface area (Å²) >= 11 is 0. The average Bonchev–Trinajstić information content (AvgIpc) is 2.28. The number of aliphatic carboxylic acids is 1. The van der Waals surface area contributed by atoms with Gasteiger partial charge in [-0.1, -0.05) is 18.7 Å². The van der Waals surface area contributed by atoms with Crippen molar-refractivity contribution in [2.45, 2.75) is 0 Å². The summed E-state index contributed by atoms with van der Waals surface area (Å²) in [5, 5.41) is 8.44. The Labute approximate surface area is 94.0 Å². The maximum absolute atomic E-state index is 10.3. The van der Waals surface area contributed by atoms with Crippen LogP contribution >= 0.6 is 0 Å². The van der Waals surface area contributed by atoms with Crippen LogP contribution in [0.3, 0.4) is 0 Å². The van der Waals surface area contributed by atoms with Gasteiger partial charge in [-0.2, -0.15) is 0 Å². The highest BCUT2D eigenvalue weighted by Crippen LogP contribution is 2.13. The van der Waals surface area contributed by atoms with Crippen molar-refractivity contribution < 1.29 is 14.6 Å². The highest BCUT2D eigenvalue weighted by Gasteiger charge is 1.92. The molecule has 16 heavy (non-hydrogen) atoms. The summed E-state index contributed by atoms with van der Waals surface area (Å²) in [5.41, 5.74) is 3.42. The first kappa shape index (κ1) is 11.8. The molecule has 0 aliphatic heterocycles. The van der Waals surface area contributed by atoms with E-state index in [0.717, 1.165) is 17.4 Å². The summed E-state index contributed by atoms with van der Waals surface area (Å²) in [4.78, 5) is 10.3. The number of carboxylic acid groups (broad SMARTS) is 1. The molecule has 0 unspecified atom stereocenters. The third kappa shape index (κ3) is 4.31. The standard InChI is InChI=1S/C13H12O3/c1-2-3-10-16-12-7-4-11(5-8-12)6-9-13(14)15/h3-9H,1,10H2,(H,14,15)/b9-6+. The second-order valence-electron chi connectivity index (χ2n) is 2.96. The lowest BCUT2D eigenvalue weighted by molar-refractivity contribution is -0.131. The molecule has 0 heterocycles. The van der Waals surface area contributed by atoms with Crippen molar-refractivity contribution in [1.82, 2.24) is 0 Å². The minimum atomic E-state index is -0.962. The summed E-state index contributed by atoms with van der Waals surface area (Å²) < 4.78 is 5.33. The molecule has 0 fully saturated rings. The van der Waals surface area contributed by atoms with Crippen molar-refractivity contribution in [1.29, 1.82) is 0 Å². The predicted molar refractivity (Wildman–Crippen MR) is 62.3 cm³/mol. The highest BCUT2D eigenvalue weighted by molar-refractivity contribution is 5.85. The van der Waals surface area contributed by atoms with Gasteiger partial charge in [0, 0.05) is 6.08 Å². The van der Waals surface area contributed by atoms with Crippen LogP contribution in [0, 0.1) is 0 Å². The summed E-state index contributed by atoms with van der Waals surface area (Å²) in [7, 11) is 0. The molecule has 1 aromatic carbocycles. The highest BCUT2D eigenvalue weighted by atomic mass is 16.5. The molecule has 0 aliphatic carbocycles. The van der Waals surface area contributed by atoms with Crippen LogP contribution in [-0.2, 0) is 4.79 Å². The second kappa shape index (κ2) is 6.27. The molecule has 0 atom stereocenters. The molecular formula is C13H12O3. The lowest BCUT2D eigenvalue weighted by Crippen LogP contribution is -1.92. The van der Waals surface area contributed by atoms with Gasteiger partial charge in [-0.3, -0.25) is 0 Å². The van der Waals surface area contributed by atoms with Gasteiger partial charge in [-0.15, -0.1) is 5.73 Å². The van der Waals surface area contributed by atoms with Crippen molar-refractivity contribution in [3.63, 3.8) is 0 Å². The van der Waals surface area contributed by atoms with E-state index >= 15 is 0 Å². The van der Waals surface area contributed by atoms with Crippen molar-refractivity contribution in [2.75, 3.05) is 6.61 Å². The molecule has 3 heteroatoms. The molecule has 82 valence electrons. The molecule has 0 spiro atoms. The molecule has 1 N–H and O–H groups in total. The van der Waals surface area contributed by atoms with Crippen molar-refractivity contribution >= 4 is 12.0 Å². The quantitative estimate of drug-likeness (QED) is 0.607. The topological polar surface area (TPSA) is 46.5 Å². The average molecular weight is 216 g/mol. The molecule has 0 aliphatic rings. The van der Waals surface area contributed by atoms with Crippen LogP contribution in [0.5, 0.6) is 5.75 Å². The largest absolute Gasteiger partial charge is 0.489 e. The van der Waals surface area contributed by atoms with Crippen molar-refractivity contribution in [2.24, 2.45) is 0 Å². The minimum absolute atomic E-state index is 0.424. The van der Waals surface area contributed by atoms with E-state index in [1.54, 1.807) is 30.3 Å². The van der Waals surface area contributed by atoms with Gasteiger partial charge in [0.25, 0.3) is 0 Å². The molecule has 1 rings (SSSR count). The lowest BCUT2D eigenvalue weighted by atomic mass is 10.2. The van der Waals surface area contributed by atoms with Crippen LogP contribution in [0.25, 0.3) is 6.08 Å². The second-order valence-corrected chi connectivity index (χ2v) is 2.96. The normalized spacial score (nSPS) is 9.75. The smallest absolute Gasteiger partial charge is 0.328 e. The van der Waals surface area contributed by atoms with Gasteiger partial charge in [-0.05, 0) is 29.8 Å². The Balaban J connectivity index is 2.60. The third-order valence-corrected chi connectivity index (χ3v) is 1.78. The molecule has 0 bridgehead atoms. The van der Waals surface area contributed by atoms with E-state index in [9.17, 15) is 4.79 Å². The van der Waals surface area contributed by atoms with Crippen LogP contribution in [0.4, 0.5) is 0 Å². The maximum Gasteiger partial charge on any atom is 0.328 e. The molecule has 0 amide bonds. The number of ether oxygens (including phenoxy) is 1. The SMILES string of the molecule is C=C=CCOc1ccc(/C=C/C(=O)O)cc1. The first-order valence-electron chi connectivity index (χ1n) is 4.70. The Bertz CT molecular complexity index is 423. The van der Waals surface area contributed by atoms with E-state index < -0.39 is 5.97 Å². The van der Waals surface area contributed by atoms with Gasteiger partial charge in [0.15, 0.2) is 0 Å². The Morgan fingerprint density at radius 3 is 2.69 bits per heavy atom. The molecule has 3 nitrogen and oxygen atoms in total. The van der Waals surface area contributed by atoms with E-state index in [1.807, 2.05) is 0 Å². The van der Waals surface area contributed by atoms with Crippen molar-refractivity contribution in [3.05, 3.63) is 54.3 Å². The number of carboxylic acids is 1. The summed E-state index contributed by atoms with van der Waals surface area (Å²) in [6, 6.07) is 7.12. The van der Waals surface area contributed by atoms with Crippen molar-refractivity contribution in [3.8, 4) is 5.75 Å². The number of hydrogen-bond donors (Lipinski definition) is 1. The number of carbonyl (C=O) groups is 1. The van der Waals surface area contributed by atoms with Gasteiger partial charge < -0.3 is 9.84 Å². The zero-order valence-corrected chi connectivity index (χ0v) is 8.72. The Morgan fingerprint density at radius 1 is 1.44 bits per heavy atom. The van der Waals surface area contributed by atoms with Gasteiger partial charge in [0.2, 0.25) is 0 Å². The molecule has 0 aromatic heterocycles. The number of benzene rings is 1. The molecule has 0 saturated heterocycles. The summed E-state index contributed by atoms with van der Waals surface area (Å²) in [5.74, 6) is -0.240. The van der Waals surface area contributed by atoms with Crippen LogP contribution in [0.15, 0.2) is 48.7 Å². The van der Waals surface area contributed by atoms with Gasteiger partial charge in [0.05, 0.1) is 0 Å². The fourth-order valence-electron chi connectivity index (χ4n) is 1.04. The summed E-state index contributed by atoms with van der Waals surface area (Å²) in [6.45, 7) is 3.85. The summed E-state index contributed by atoms with van der Waals surface area (Å²) in [6.07, 6.45) is 4.30. The maximum atomic E-state index is 10.3. The van der Waals surface area contributed by atoms with Crippen LogP contribution in [-0.4, -0.2) is 17.7 Å². The monoisotopic (exact) mass is 216 g/mol. The number of hydrogen-bond acceptors (Lipinski definition) is 2. The molecular weight excluding hydrogens is 204 g/mol. The van der Waals surface area contributed by atoms with E-state index in [1.165, 1.54) is 6.08 Å². The van der Waals surface area contributed by atoms with E-state index in [-0.39, 0.29) is 0 Å². The minimum Gasteiger partial charge on any atom is -0.489 e. The van der Waals surface area contributed by atoms with E-state index in [0.29, 0.717) is 6.61 Å². The Kier molecular flexibility index (Phi) is 4.64. The van der Waals surface area contributed by atoms with Crippen LogP contribution in [0.1, 0.15) is 5.56 Å². The Hall–Kier alpha value is -2.25. The van der Waals surface area contributed by atoms with E-state index in [2.05, 4.69) is 12.3 Å². The fraction of sp³-hybridized carbons (Fsp3) is 0.0769. The Morgan fingerprint density at radius 2 is 2.12 bits per heavy atom. The fourth-order valence-corrected chi connectivity index (χ4v) is 1.04. The zero-order chi connectivity index (χ0) is 11.8. The first-order valence-corrected chi connectivity index (χ1v) is 4.70. The first-order chi connectivity index (χ1) is 7.72. The third-order valence-electron chi connectivity index (χ3n) is 1.78. The van der Waals surface area contributed by atoms with Crippen LogP contribution in [0.2, 0.25) is 0 Å². The predicted octanol–water partition coefficient (Wildman–Crippen LogP) is 2.50. The van der Waals surface area contributed by atoms with E-state index in [4.69, 9.17) is 9.84 Å². The molecule has 0 saturated carbocycles. The molecule has 1 aromatic rings. The lowest BCUT2D eigenvalue weighted by Gasteiger charge is -2.02. The number of rotatable bonds is 5. The van der Waals surface area contributed by atoms with Gasteiger partial charge >= 0.3 is 5.97 Å². The molecule has 0 radical (unpaired) electrons.